The van der Waals surface area contributed by atoms with Crippen LogP contribution in [0, 0.1) is 0 Å². The molecule has 1 saturated heterocycles. The number of carbonyl (C=O) groups excluding carboxylic acids is 2. The minimum absolute atomic E-state index is 0.0821. The lowest BCUT2D eigenvalue weighted by atomic mass is 10.0. The maximum Gasteiger partial charge on any atom is 0.244 e. The van der Waals surface area contributed by atoms with E-state index in [-0.39, 0.29) is 23.9 Å². The van der Waals surface area contributed by atoms with E-state index in [2.05, 4.69) is 9.80 Å². The second-order valence-electron chi connectivity index (χ2n) is 8.16. The number of benzene rings is 2. The Labute approximate surface area is 179 Å². The maximum atomic E-state index is 13.0. The van der Waals surface area contributed by atoms with Gasteiger partial charge in [0.2, 0.25) is 11.8 Å². The molecular weight excluding hydrogens is 376 g/mol. The monoisotopic (exact) mass is 408 g/mol. The van der Waals surface area contributed by atoms with Crippen LogP contribution in [-0.4, -0.2) is 85.8 Å². The van der Waals surface area contributed by atoms with E-state index in [1.54, 1.807) is 38.0 Å². The third kappa shape index (κ3) is 4.89. The minimum Gasteiger partial charge on any atom is -0.347 e. The van der Waals surface area contributed by atoms with Crippen molar-refractivity contribution in [3.63, 3.8) is 0 Å². The summed E-state index contributed by atoms with van der Waals surface area (Å²) in [5.74, 6) is 0.164. The van der Waals surface area contributed by atoms with Crippen LogP contribution >= 0.6 is 0 Å². The van der Waals surface area contributed by atoms with E-state index in [9.17, 15) is 9.59 Å². The number of amides is 2. The molecule has 0 radical (unpaired) electrons. The number of hydrogen-bond donors (Lipinski definition) is 0. The Hall–Kier alpha value is -2.70. The molecule has 0 unspecified atom stereocenters. The highest BCUT2D eigenvalue weighted by Gasteiger charge is 2.35. The van der Waals surface area contributed by atoms with Crippen molar-refractivity contribution in [1.29, 1.82) is 0 Å². The van der Waals surface area contributed by atoms with Crippen molar-refractivity contribution in [2.45, 2.75) is 12.1 Å². The Bertz CT molecular complexity index is 759. The van der Waals surface area contributed by atoms with Gasteiger partial charge in [0.1, 0.15) is 12.1 Å². The second-order valence-corrected chi connectivity index (χ2v) is 8.16. The molecule has 0 aromatic heterocycles. The number of piperazine rings is 1. The second kappa shape index (κ2) is 9.87. The van der Waals surface area contributed by atoms with E-state index in [0.717, 1.165) is 37.3 Å². The van der Waals surface area contributed by atoms with Gasteiger partial charge in [-0.05, 0) is 11.1 Å². The fourth-order valence-electron chi connectivity index (χ4n) is 4.03. The fraction of sp³-hybridized carbons (Fsp3) is 0.417. The smallest absolute Gasteiger partial charge is 0.244 e. The van der Waals surface area contributed by atoms with Gasteiger partial charge < -0.3 is 9.80 Å². The predicted octanol–water partition coefficient (Wildman–Crippen LogP) is 2.26. The molecule has 6 heteroatoms. The topological polar surface area (TPSA) is 47.1 Å². The number of hydrogen-bond acceptors (Lipinski definition) is 4. The average molecular weight is 409 g/mol. The molecule has 2 amide bonds. The van der Waals surface area contributed by atoms with E-state index >= 15 is 0 Å². The molecule has 0 saturated carbocycles. The SMILES string of the molecule is CN(C)C(=O)[C@H](c1ccccc1)N1CCN([C@H](C(=O)N(C)C)c2ccccc2)CC1. The molecule has 1 aliphatic rings. The molecule has 2 atom stereocenters. The summed E-state index contributed by atoms with van der Waals surface area (Å²) in [5, 5.41) is 0. The van der Waals surface area contributed by atoms with E-state index in [4.69, 9.17) is 0 Å². The molecule has 30 heavy (non-hydrogen) atoms. The molecule has 0 bridgehead atoms. The molecule has 1 aliphatic heterocycles. The first kappa shape index (κ1) is 22.0. The lowest BCUT2D eigenvalue weighted by Gasteiger charge is -2.42. The zero-order valence-electron chi connectivity index (χ0n) is 18.4. The van der Waals surface area contributed by atoms with Crippen molar-refractivity contribution in [2.24, 2.45) is 0 Å². The highest BCUT2D eigenvalue weighted by Crippen LogP contribution is 2.28. The van der Waals surface area contributed by atoms with E-state index in [1.165, 1.54) is 0 Å². The van der Waals surface area contributed by atoms with Crippen LogP contribution < -0.4 is 0 Å². The Balaban J connectivity index is 1.80. The molecule has 0 spiro atoms. The van der Waals surface area contributed by atoms with Crippen LogP contribution in [-0.2, 0) is 9.59 Å². The van der Waals surface area contributed by atoms with Crippen molar-refractivity contribution >= 4 is 11.8 Å². The fourth-order valence-corrected chi connectivity index (χ4v) is 4.03. The quantitative estimate of drug-likeness (QED) is 0.736. The molecule has 1 fully saturated rings. The first-order valence-corrected chi connectivity index (χ1v) is 10.4. The Morgan fingerprint density at radius 3 is 1.20 bits per heavy atom. The zero-order valence-corrected chi connectivity index (χ0v) is 18.4. The maximum absolute atomic E-state index is 13.0. The van der Waals surface area contributed by atoms with Gasteiger partial charge in [-0.2, -0.15) is 0 Å². The van der Waals surface area contributed by atoms with Gasteiger partial charge in [0, 0.05) is 54.4 Å². The average Bonchev–Trinajstić information content (AvgIpc) is 2.76. The molecule has 3 rings (SSSR count). The molecule has 6 nitrogen and oxygen atoms in total. The third-order valence-corrected chi connectivity index (χ3v) is 5.66. The van der Waals surface area contributed by atoms with E-state index in [1.807, 2.05) is 60.7 Å². The Kier molecular flexibility index (Phi) is 7.24. The highest BCUT2D eigenvalue weighted by atomic mass is 16.2. The Morgan fingerprint density at radius 1 is 0.633 bits per heavy atom. The van der Waals surface area contributed by atoms with Crippen LogP contribution in [0.1, 0.15) is 23.2 Å². The molecule has 1 heterocycles. The van der Waals surface area contributed by atoms with Crippen LogP contribution in [0.4, 0.5) is 0 Å². The van der Waals surface area contributed by atoms with Gasteiger partial charge in [0.15, 0.2) is 0 Å². The summed E-state index contributed by atoms with van der Waals surface area (Å²) >= 11 is 0. The van der Waals surface area contributed by atoms with Crippen LogP contribution in [0.15, 0.2) is 60.7 Å². The summed E-state index contributed by atoms with van der Waals surface area (Å²) in [5.41, 5.74) is 2.02. The van der Waals surface area contributed by atoms with Crippen molar-refractivity contribution in [2.75, 3.05) is 54.4 Å². The first-order valence-electron chi connectivity index (χ1n) is 10.4. The van der Waals surface area contributed by atoms with Gasteiger partial charge in [-0.25, -0.2) is 0 Å². The van der Waals surface area contributed by atoms with Gasteiger partial charge in [-0.15, -0.1) is 0 Å². The van der Waals surface area contributed by atoms with Gasteiger partial charge >= 0.3 is 0 Å². The Morgan fingerprint density at radius 2 is 0.933 bits per heavy atom. The van der Waals surface area contributed by atoms with Gasteiger partial charge in [-0.1, -0.05) is 60.7 Å². The molecular formula is C24H32N4O2. The number of nitrogens with zero attached hydrogens (tertiary/aromatic N) is 4. The van der Waals surface area contributed by atoms with Crippen LogP contribution in [0.5, 0.6) is 0 Å². The summed E-state index contributed by atoms with van der Waals surface area (Å²) in [6, 6.07) is 19.3. The molecule has 0 aliphatic carbocycles. The minimum atomic E-state index is -0.303. The molecule has 0 N–H and O–H groups in total. The van der Waals surface area contributed by atoms with Crippen LogP contribution in [0.25, 0.3) is 0 Å². The normalized spacial score (nSPS) is 17.2. The summed E-state index contributed by atoms with van der Waals surface area (Å²) in [6.07, 6.45) is 0. The zero-order chi connectivity index (χ0) is 21.7. The van der Waals surface area contributed by atoms with Gasteiger partial charge in [0.05, 0.1) is 0 Å². The summed E-state index contributed by atoms with van der Waals surface area (Å²) < 4.78 is 0. The summed E-state index contributed by atoms with van der Waals surface area (Å²) in [4.78, 5) is 33.8. The van der Waals surface area contributed by atoms with Crippen LogP contribution in [0.3, 0.4) is 0 Å². The summed E-state index contributed by atoms with van der Waals surface area (Å²) in [7, 11) is 7.21. The van der Waals surface area contributed by atoms with Crippen molar-refractivity contribution < 1.29 is 9.59 Å². The van der Waals surface area contributed by atoms with Crippen molar-refractivity contribution in [1.82, 2.24) is 19.6 Å². The lowest BCUT2D eigenvalue weighted by Crippen LogP contribution is -2.53. The number of carbonyl (C=O) groups is 2. The van der Waals surface area contributed by atoms with Gasteiger partial charge in [0.25, 0.3) is 0 Å². The highest BCUT2D eigenvalue weighted by molar-refractivity contribution is 5.83. The standard InChI is InChI=1S/C24H32N4O2/c1-25(2)23(29)21(19-11-7-5-8-12-19)27-15-17-28(18-16-27)22(24(30)26(3)4)20-13-9-6-10-14-20/h5-14,21-22H,15-18H2,1-4H3/t21-,22-/m0/s1. The molecule has 2 aromatic rings. The largest absolute Gasteiger partial charge is 0.347 e. The number of rotatable bonds is 6. The van der Waals surface area contributed by atoms with Crippen LogP contribution in [0.2, 0.25) is 0 Å². The van der Waals surface area contributed by atoms with E-state index < -0.39 is 0 Å². The molecule has 2 aromatic carbocycles. The third-order valence-electron chi connectivity index (χ3n) is 5.66. The molecule has 160 valence electrons. The first-order chi connectivity index (χ1) is 14.4. The number of likely N-dealkylation sites (N-methyl/N-ethyl adjacent to an activating group) is 2. The van der Waals surface area contributed by atoms with Gasteiger partial charge in [-0.3, -0.25) is 19.4 Å². The van der Waals surface area contributed by atoms with Crippen molar-refractivity contribution in [3.8, 4) is 0 Å². The van der Waals surface area contributed by atoms with E-state index in [0.29, 0.717) is 0 Å². The summed E-state index contributed by atoms with van der Waals surface area (Å²) in [6.45, 7) is 2.90. The predicted molar refractivity (Wildman–Crippen MR) is 119 cm³/mol. The lowest BCUT2D eigenvalue weighted by molar-refractivity contribution is -0.139. The van der Waals surface area contributed by atoms with Crippen molar-refractivity contribution in [3.05, 3.63) is 71.8 Å².